The van der Waals surface area contributed by atoms with Crippen LogP contribution in [0, 0.1) is 0 Å². The molecule has 0 N–H and O–H groups in total. The molecule has 1 aromatic carbocycles. The summed E-state index contributed by atoms with van der Waals surface area (Å²) >= 11 is 1.59. The third kappa shape index (κ3) is 2.27. The average Bonchev–Trinajstić information content (AvgIpc) is 3.03. The van der Waals surface area contributed by atoms with E-state index in [1.165, 1.54) is 0 Å². The predicted octanol–water partition coefficient (Wildman–Crippen LogP) is 3.99. The van der Waals surface area contributed by atoms with Crippen LogP contribution in [-0.2, 0) is 6.42 Å². The molecule has 0 saturated carbocycles. The minimum atomic E-state index is 0.589. The minimum Gasteiger partial charge on any atom is -0.438 e. The summed E-state index contributed by atoms with van der Waals surface area (Å²) in [5.41, 5.74) is 1.64. The summed E-state index contributed by atoms with van der Waals surface area (Å²) in [7, 11) is 0. The van der Waals surface area contributed by atoms with Gasteiger partial charge in [0.15, 0.2) is 0 Å². The van der Waals surface area contributed by atoms with Crippen LogP contribution in [0.2, 0.25) is 0 Å². The normalized spacial score (nSPS) is 11.1. The number of rotatable bonds is 3. The van der Waals surface area contributed by atoms with Crippen LogP contribution in [0.25, 0.3) is 21.3 Å². The van der Waals surface area contributed by atoms with Gasteiger partial charge in [0, 0.05) is 24.9 Å². The van der Waals surface area contributed by atoms with Crippen molar-refractivity contribution in [3.05, 3.63) is 47.9 Å². The molecule has 0 aliphatic heterocycles. The van der Waals surface area contributed by atoms with Crippen LogP contribution in [0.15, 0.2) is 42.0 Å². The van der Waals surface area contributed by atoms with E-state index in [1.54, 1.807) is 23.7 Å². The van der Waals surface area contributed by atoms with Gasteiger partial charge in [-0.3, -0.25) is 9.97 Å². The van der Waals surface area contributed by atoms with E-state index >= 15 is 0 Å². The topological polar surface area (TPSA) is 60.8 Å². The number of benzene rings is 1. The van der Waals surface area contributed by atoms with E-state index in [4.69, 9.17) is 4.74 Å². The average molecular weight is 308 g/mol. The lowest BCUT2D eigenvalue weighted by molar-refractivity contribution is 0.466. The molecule has 108 valence electrons. The van der Waals surface area contributed by atoms with E-state index in [2.05, 4.69) is 19.9 Å². The second-order valence-corrected chi connectivity index (χ2v) is 5.64. The highest BCUT2D eigenvalue weighted by Crippen LogP contribution is 2.31. The molecule has 0 radical (unpaired) electrons. The van der Waals surface area contributed by atoms with Gasteiger partial charge in [0.05, 0.1) is 16.4 Å². The van der Waals surface area contributed by atoms with Crippen LogP contribution in [0.4, 0.5) is 0 Å². The first kappa shape index (κ1) is 13.1. The van der Waals surface area contributed by atoms with Gasteiger partial charge in [-0.1, -0.05) is 6.92 Å². The summed E-state index contributed by atoms with van der Waals surface area (Å²) in [6, 6.07) is 7.62. The lowest BCUT2D eigenvalue weighted by Crippen LogP contribution is -1.96. The van der Waals surface area contributed by atoms with Gasteiger partial charge in [-0.25, -0.2) is 4.98 Å². The molecule has 3 aromatic heterocycles. The fraction of sp³-hybridized carbons (Fsp3) is 0.125. The number of ether oxygens (including phenoxy) is 1. The molecule has 3 heterocycles. The molecular formula is C16H12N4OS. The quantitative estimate of drug-likeness (QED) is 0.572. The Bertz CT molecular complexity index is 967. The predicted molar refractivity (Wildman–Crippen MR) is 86.4 cm³/mol. The Labute approximate surface area is 130 Å². The zero-order chi connectivity index (χ0) is 14.9. The third-order valence-electron chi connectivity index (χ3n) is 3.31. The lowest BCUT2D eigenvalue weighted by Gasteiger charge is -2.08. The van der Waals surface area contributed by atoms with Crippen molar-refractivity contribution < 1.29 is 4.74 Å². The molecular weight excluding hydrogens is 296 g/mol. The van der Waals surface area contributed by atoms with Gasteiger partial charge in [-0.15, -0.1) is 11.3 Å². The van der Waals surface area contributed by atoms with Crippen molar-refractivity contribution in [2.45, 2.75) is 13.3 Å². The van der Waals surface area contributed by atoms with E-state index in [0.29, 0.717) is 11.6 Å². The van der Waals surface area contributed by atoms with Crippen LogP contribution in [0.1, 0.15) is 12.7 Å². The van der Waals surface area contributed by atoms with Gasteiger partial charge in [0.25, 0.3) is 0 Å². The minimum absolute atomic E-state index is 0.589. The molecule has 0 aliphatic rings. The van der Waals surface area contributed by atoms with Gasteiger partial charge in [0.1, 0.15) is 16.4 Å². The first-order valence-corrected chi connectivity index (χ1v) is 7.84. The Morgan fingerprint density at radius 3 is 2.77 bits per heavy atom. The molecule has 0 bridgehead atoms. The number of hydrogen-bond donors (Lipinski definition) is 0. The fourth-order valence-electron chi connectivity index (χ4n) is 2.22. The lowest BCUT2D eigenvalue weighted by atomic mass is 10.3. The van der Waals surface area contributed by atoms with Crippen LogP contribution in [0.3, 0.4) is 0 Å². The SMILES string of the molecule is CCc1nc(Oc2ccc3nccnc3c2)c2ccsc2n1. The number of fused-ring (bicyclic) bond motifs is 2. The molecule has 4 aromatic rings. The summed E-state index contributed by atoms with van der Waals surface area (Å²) in [6.45, 7) is 2.03. The molecule has 22 heavy (non-hydrogen) atoms. The zero-order valence-corrected chi connectivity index (χ0v) is 12.7. The van der Waals surface area contributed by atoms with Gasteiger partial charge >= 0.3 is 0 Å². The molecule has 0 unspecified atom stereocenters. The molecule has 4 rings (SSSR count). The number of aryl methyl sites for hydroxylation is 1. The standard InChI is InChI=1S/C16H12N4OS/c1-2-14-19-15(11-5-8-22-16(11)20-14)21-10-3-4-12-13(9-10)18-7-6-17-12/h3-9H,2H2,1H3. The number of nitrogens with zero attached hydrogens (tertiary/aromatic N) is 4. The summed E-state index contributed by atoms with van der Waals surface area (Å²) in [6.07, 6.45) is 4.12. The first-order chi connectivity index (χ1) is 10.8. The maximum Gasteiger partial charge on any atom is 0.231 e. The highest BCUT2D eigenvalue weighted by molar-refractivity contribution is 7.16. The van der Waals surface area contributed by atoms with E-state index in [0.717, 1.165) is 33.5 Å². The van der Waals surface area contributed by atoms with Crippen molar-refractivity contribution in [2.24, 2.45) is 0 Å². The Hall–Kier alpha value is -2.60. The first-order valence-electron chi connectivity index (χ1n) is 6.96. The van der Waals surface area contributed by atoms with E-state index < -0.39 is 0 Å². The van der Waals surface area contributed by atoms with Crippen molar-refractivity contribution in [3.63, 3.8) is 0 Å². The monoisotopic (exact) mass is 308 g/mol. The second kappa shape index (κ2) is 5.31. The Morgan fingerprint density at radius 2 is 1.91 bits per heavy atom. The van der Waals surface area contributed by atoms with Crippen LogP contribution >= 0.6 is 11.3 Å². The molecule has 0 fully saturated rings. The molecule has 0 amide bonds. The van der Waals surface area contributed by atoms with Crippen LogP contribution in [-0.4, -0.2) is 19.9 Å². The zero-order valence-electron chi connectivity index (χ0n) is 11.9. The smallest absolute Gasteiger partial charge is 0.231 e. The summed E-state index contributed by atoms with van der Waals surface area (Å²) in [5.74, 6) is 2.07. The van der Waals surface area contributed by atoms with Crippen molar-refractivity contribution in [2.75, 3.05) is 0 Å². The Morgan fingerprint density at radius 1 is 1.05 bits per heavy atom. The maximum atomic E-state index is 5.99. The van der Waals surface area contributed by atoms with Gasteiger partial charge in [-0.05, 0) is 23.6 Å². The largest absolute Gasteiger partial charge is 0.438 e. The fourth-order valence-corrected chi connectivity index (χ4v) is 3.00. The molecule has 5 nitrogen and oxygen atoms in total. The maximum absolute atomic E-state index is 5.99. The third-order valence-corrected chi connectivity index (χ3v) is 4.11. The van der Waals surface area contributed by atoms with E-state index in [9.17, 15) is 0 Å². The van der Waals surface area contributed by atoms with Crippen LogP contribution in [0.5, 0.6) is 11.6 Å². The number of thiophene rings is 1. The summed E-state index contributed by atoms with van der Waals surface area (Å²) in [4.78, 5) is 18.5. The number of aromatic nitrogens is 4. The second-order valence-electron chi connectivity index (χ2n) is 4.75. The van der Waals surface area contributed by atoms with Crippen molar-refractivity contribution in [1.29, 1.82) is 0 Å². The van der Waals surface area contributed by atoms with Crippen molar-refractivity contribution >= 4 is 32.6 Å². The molecule has 0 spiro atoms. The van der Waals surface area contributed by atoms with Crippen LogP contribution < -0.4 is 4.74 Å². The van der Waals surface area contributed by atoms with Gasteiger partial charge < -0.3 is 4.74 Å². The Kier molecular flexibility index (Phi) is 3.16. The highest BCUT2D eigenvalue weighted by Gasteiger charge is 2.11. The summed E-state index contributed by atoms with van der Waals surface area (Å²) in [5, 5.41) is 2.93. The number of hydrogen-bond acceptors (Lipinski definition) is 6. The van der Waals surface area contributed by atoms with Gasteiger partial charge in [0.2, 0.25) is 5.88 Å². The Balaban J connectivity index is 1.79. The molecule has 0 saturated heterocycles. The molecule has 0 atom stereocenters. The van der Waals surface area contributed by atoms with Gasteiger partial charge in [-0.2, -0.15) is 4.98 Å². The highest BCUT2D eigenvalue weighted by atomic mass is 32.1. The van der Waals surface area contributed by atoms with E-state index in [-0.39, 0.29) is 0 Å². The molecule has 0 aliphatic carbocycles. The molecule has 6 heteroatoms. The van der Waals surface area contributed by atoms with E-state index in [1.807, 2.05) is 36.6 Å². The van der Waals surface area contributed by atoms with Crippen molar-refractivity contribution in [3.8, 4) is 11.6 Å². The van der Waals surface area contributed by atoms with Crippen molar-refractivity contribution in [1.82, 2.24) is 19.9 Å². The summed E-state index contributed by atoms with van der Waals surface area (Å²) < 4.78 is 5.99.